The fraction of sp³-hybridized carbons (Fsp3) is 0.364. The summed E-state index contributed by atoms with van der Waals surface area (Å²) in [6, 6.07) is 4.88. The minimum Gasteiger partial charge on any atom is -0.328 e. The molecule has 0 fully saturated rings. The molecule has 4 heteroatoms. The van der Waals surface area contributed by atoms with Crippen LogP contribution in [0.4, 0.5) is 4.39 Å². The molecule has 1 atom stereocenters. The lowest BCUT2D eigenvalue weighted by molar-refractivity contribution is 0.630. The van der Waals surface area contributed by atoms with E-state index in [1.165, 1.54) is 12.1 Å². The van der Waals surface area contributed by atoms with Crippen molar-refractivity contribution in [1.82, 2.24) is 4.98 Å². The predicted molar refractivity (Wildman–Crippen MR) is 61.5 cm³/mol. The van der Waals surface area contributed by atoms with Crippen LogP contribution in [0.2, 0.25) is 0 Å². The van der Waals surface area contributed by atoms with Crippen LogP contribution in [0, 0.1) is 5.82 Å². The van der Waals surface area contributed by atoms with Crippen LogP contribution in [0.15, 0.2) is 18.2 Å². The van der Waals surface area contributed by atoms with Gasteiger partial charge in [0.05, 0.1) is 15.2 Å². The lowest BCUT2D eigenvalue weighted by Crippen LogP contribution is -2.15. The Morgan fingerprint density at radius 1 is 1.53 bits per heavy atom. The molecule has 2 nitrogen and oxygen atoms in total. The molecule has 0 aliphatic rings. The number of aryl methyl sites for hydroxylation is 1. The molecule has 0 amide bonds. The Morgan fingerprint density at radius 3 is 3.07 bits per heavy atom. The molecule has 0 saturated heterocycles. The highest BCUT2D eigenvalue weighted by Gasteiger charge is 2.05. The van der Waals surface area contributed by atoms with Gasteiger partial charge >= 0.3 is 0 Å². The molecule has 0 bridgehead atoms. The number of thiazole rings is 1. The summed E-state index contributed by atoms with van der Waals surface area (Å²) in [6.45, 7) is 1.98. The molecule has 15 heavy (non-hydrogen) atoms. The van der Waals surface area contributed by atoms with Crippen molar-refractivity contribution < 1.29 is 4.39 Å². The maximum absolute atomic E-state index is 12.9. The average molecular weight is 224 g/mol. The number of fused-ring (bicyclic) bond motifs is 1. The second-order valence-electron chi connectivity index (χ2n) is 3.74. The first-order chi connectivity index (χ1) is 7.15. The maximum atomic E-state index is 12.9. The number of nitrogens with zero attached hydrogens (tertiary/aromatic N) is 1. The van der Waals surface area contributed by atoms with Crippen LogP contribution in [0.3, 0.4) is 0 Å². The third-order valence-corrected chi connectivity index (χ3v) is 3.29. The maximum Gasteiger partial charge on any atom is 0.124 e. The van der Waals surface area contributed by atoms with Crippen LogP contribution < -0.4 is 5.73 Å². The van der Waals surface area contributed by atoms with E-state index in [4.69, 9.17) is 5.73 Å². The molecule has 2 rings (SSSR count). The number of hydrogen-bond acceptors (Lipinski definition) is 3. The van der Waals surface area contributed by atoms with Gasteiger partial charge in [0, 0.05) is 12.5 Å². The topological polar surface area (TPSA) is 38.9 Å². The Balaban J connectivity index is 2.23. The summed E-state index contributed by atoms with van der Waals surface area (Å²) in [7, 11) is 0. The molecule has 1 heterocycles. The van der Waals surface area contributed by atoms with E-state index in [0.29, 0.717) is 0 Å². The van der Waals surface area contributed by atoms with E-state index in [1.807, 2.05) is 6.92 Å². The summed E-state index contributed by atoms with van der Waals surface area (Å²) in [5, 5.41) is 1.04. The van der Waals surface area contributed by atoms with Crippen molar-refractivity contribution in [1.29, 1.82) is 0 Å². The zero-order chi connectivity index (χ0) is 10.8. The number of aromatic nitrogens is 1. The van der Waals surface area contributed by atoms with Crippen LogP contribution in [0.25, 0.3) is 10.2 Å². The van der Waals surface area contributed by atoms with Gasteiger partial charge < -0.3 is 5.73 Å². The van der Waals surface area contributed by atoms with Gasteiger partial charge in [-0.05, 0) is 31.5 Å². The number of nitrogens with two attached hydrogens (primary N) is 1. The zero-order valence-electron chi connectivity index (χ0n) is 8.53. The van der Waals surface area contributed by atoms with Crippen molar-refractivity contribution in [3.8, 4) is 0 Å². The lowest BCUT2D eigenvalue weighted by atomic mass is 10.2. The number of benzene rings is 1. The van der Waals surface area contributed by atoms with Crippen molar-refractivity contribution in [2.24, 2.45) is 5.73 Å². The van der Waals surface area contributed by atoms with E-state index in [0.717, 1.165) is 28.1 Å². The van der Waals surface area contributed by atoms with Gasteiger partial charge in [-0.15, -0.1) is 11.3 Å². The minimum atomic E-state index is -0.204. The van der Waals surface area contributed by atoms with Gasteiger partial charge in [-0.25, -0.2) is 9.37 Å². The normalized spacial score (nSPS) is 13.3. The van der Waals surface area contributed by atoms with Gasteiger partial charge in [0.2, 0.25) is 0 Å². The van der Waals surface area contributed by atoms with Gasteiger partial charge in [-0.2, -0.15) is 0 Å². The molecule has 0 aliphatic heterocycles. The first kappa shape index (κ1) is 10.5. The zero-order valence-corrected chi connectivity index (χ0v) is 9.35. The van der Waals surface area contributed by atoms with E-state index in [-0.39, 0.29) is 11.9 Å². The molecule has 2 N–H and O–H groups in total. The third kappa shape index (κ3) is 2.52. The largest absolute Gasteiger partial charge is 0.328 e. The van der Waals surface area contributed by atoms with Gasteiger partial charge in [0.15, 0.2) is 0 Å². The molecule has 1 aromatic carbocycles. The molecule has 1 aromatic heterocycles. The SMILES string of the molecule is CC(N)CCc1nc2ccc(F)cc2s1. The first-order valence-electron chi connectivity index (χ1n) is 4.95. The van der Waals surface area contributed by atoms with Gasteiger partial charge in [0.25, 0.3) is 0 Å². The first-order valence-corrected chi connectivity index (χ1v) is 5.77. The fourth-order valence-corrected chi connectivity index (χ4v) is 2.41. The molecule has 0 radical (unpaired) electrons. The van der Waals surface area contributed by atoms with Crippen LogP contribution in [0.5, 0.6) is 0 Å². The summed E-state index contributed by atoms with van der Waals surface area (Å²) in [5.74, 6) is -0.204. The highest BCUT2D eigenvalue weighted by atomic mass is 32.1. The second kappa shape index (κ2) is 4.24. The van der Waals surface area contributed by atoms with Crippen molar-refractivity contribution >= 4 is 21.6 Å². The molecule has 0 saturated carbocycles. The molecular formula is C11H13FN2S. The van der Waals surface area contributed by atoms with Crippen LogP contribution in [-0.4, -0.2) is 11.0 Å². The molecule has 80 valence electrons. The number of hydrogen-bond donors (Lipinski definition) is 1. The monoisotopic (exact) mass is 224 g/mol. The van der Waals surface area contributed by atoms with Crippen LogP contribution in [0.1, 0.15) is 18.4 Å². The van der Waals surface area contributed by atoms with Crippen LogP contribution >= 0.6 is 11.3 Å². The van der Waals surface area contributed by atoms with Crippen molar-refractivity contribution in [2.75, 3.05) is 0 Å². The number of halogens is 1. The van der Waals surface area contributed by atoms with Crippen molar-refractivity contribution in [3.05, 3.63) is 29.0 Å². The smallest absolute Gasteiger partial charge is 0.124 e. The quantitative estimate of drug-likeness (QED) is 0.870. The Labute approximate surface area is 91.9 Å². The Morgan fingerprint density at radius 2 is 2.33 bits per heavy atom. The van der Waals surface area contributed by atoms with Crippen LogP contribution in [-0.2, 0) is 6.42 Å². The Hall–Kier alpha value is -1.000. The van der Waals surface area contributed by atoms with E-state index in [1.54, 1.807) is 17.4 Å². The highest BCUT2D eigenvalue weighted by Crippen LogP contribution is 2.23. The van der Waals surface area contributed by atoms with E-state index < -0.39 is 0 Å². The molecule has 0 spiro atoms. The third-order valence-electron chi connectivity index (χ3n) is 2.21. The summed E-state index contributed by atoms with van der Waals surface area (Å²) >= 11 is 1.55. The second-order valence-corrected chi connectivity index (χ2v) is 4.85. The van der Waals surface area contributed by atoms with E-state index >= 15 is 0 Å². The van der Waals surface area contributed by atoms with Gasteiger partial charge in [-0.1, -0.05) is 0 Å². The summed E-state index contributed by atoms with van der Waals surface area (Å²) < 4.78 is 13.8. The Bertz CT molecular complexity index is 465. The minimum absolute atomic E-state index is 0.189. The standard InChI is InChI=1S/C11H13FN2S/c1-7(13)2-5-11-14-9-4-3-8(12)6-10(9)15-11/h3-4,6-7H,2,5,13H2,1H3. The highest BCUT2D eigenvalue weighted by molar-refractivity contribution is 7.18. The van der Waals surface area contributed by atoms with Crippen molar-refractivity contribution in [2.45, 2.75) is 25.8 Å². The lowest BCUT2D eigenvalue weighted by Gasteiger charge is -2.00. The summed E-state index contributed by atoms with van der Waals surface area (Å²) in [5.41, 5.74) is 6.55. The molecular weight excluding hydrogens is 211 g/mol. The number of rotatable bonds is 3. The van der Waals surface area contributed by atoms with E-state index in [9.17, 15) is 4.39 Å². The average Bonchev–Trinajstić information content (AvgIpc) is 2.56. The van der Waals surface area contributed by atoms with E-state index in [2.05, 4.69) is 4.98 Å². The fourth-order valence-electron chi connectivity index (χ4n) is 1.40. The Kier molecular flexibility index (Phi) is 2.98. The molecule has 2 aromatic rings. The molecule has 0 aliphatic carbocycles. The predicted octanol–water partition coefficient (Wildman–Crippen LogP) is 2.72. The van der Waals surface area contributed by atoms with Gasteiger partial charge in [0.1, 0.15) is 5.82 Å². The molecule has 1 unspecified atom stereocenters. The summed E-state index contributed by atoms with van der Waals surface area (Å²) in [6.07, 6.45) is 1.79. The van der Waals surface area contributed by atoms with Gasteiger partial charge in [-0.3, -0.25) is 0 Å². The summed E-state index contributed by atoms with van der Waals surface area (Å²) in [4.78, 5) is 4.42. The van der Waals surface area contributed by atoms with Crippen molar-refractivity contribution in [3.63, 3.8) is 0 Å².